The van der Waals surface area contributed by atoms with E-state index in [9.17, 15) is 14.4 Å². The minimum absolute atomic E-state index is 0.154. The number of hydrogen-bond acceptors (Lipinski definition) is 6. The minimum atomic E-state index is -0.603. The van der Waals surface area contributed by atoms with Crippen molar-refractivity contribution in [2.45, 2.75) is 96.3 Å². The van der Waals surface area contributed by atoms with E-state index in [2.05, 4.69) is 47.2 Å². The van der Waals surface area contributed by atoms with Crippen molar-refractivity contribution >= 4 is 17.7 Å². The molecule has 230 valence electrons. The van der Waals surface area contributed by atoms with Crippen molar-refractivity contribution in [3.63, 3.8) is 0 Å². The van der Waals surface area contributed by atoms with Crippen molar-refractivity contribution in [3.05, 3.63) is 64.2 Å². The third kappa shape index (κ3) is 6.50. The van der Waals surface area contributed by atoms with Gasteiger partial charge in [-0.25, -0.2) is 0 Å². The molecule has 0 bridgehead atoms. The Bertz CT molecular complexity index is 1350. The first-order chi connectivity index (χ1) is 20.9. The van der Waals surface area contributed by atoms with Crippen LogP contribution in [0.15, 0.2) is 36.4 Å². The SMILES string of the molecule is CCc1cc(CN2CCCC[C@@H]2COc2ccc3c(c2)CN(C2CCC(=O)NC2=O)C3=O)ccc1C1CCN(CC)CC1. The summed E-state index contributed by atoms with van der Waals surface area (Å²) in [5.74, 6) is 0.627. The second-order valence-electron chi connectivity index (χ2n) is 12.7. The van der Waals surface area contributed by atoms with Gasteiger partial charge in [-0.15, -0.1) is 0 Å². The number of nitrogens with one attached hydrogen (secondary N) is 1. The Kier molecular flexibility index (Phi) is 9.14. The van der Waals surface area contributed by atoms with Crippen LogP contribution in [0.2, 0.25) is 0 Å². The molecule has 4 heterocycles. The lowest BCUT2D eigenvalue weighted by Gasteiger charge is -2.36. The topological polar surface area (TPSA) is 82.2 Å². The fraction of sp³-hybridized carbons (Fsp3) is 0.571. The van der Waals surface area contributed by atoms with E-state index in [1.807, 2.05) is 18.2 Å². The van der Waals surface area contributed by atoms with Crippen molar-refractivity contribution in [1.29, 1.82) is 0 Å². The second kappa shape index (κ2) is 13.2. The summed E-state index contributed by atoms with van der Waals surface area (Å²) >= 11 is 0. The third-order valence-electron chi connectivity index (χ3n) is 10.1. The van der Waals surface area contributed by atoms with Crippen molar-refractivity contribution < 1.29 is 19.1 Å². The first-order valence-corrected chi connectivity index (χ1v) is 16.4. The van der Waals surface area contributed by atoms with Gasteiger partial charge in [-0.1, -0.05) is 38.5 Å². The number of rotatable bonds is 9. The van der Waals surface area contributed by atoms with Crippen molar-refractivity contribution in [2.75, 3.05) is 32.8 Å². The Morgan fingerprint density at radius 1 is 0.930 bits per heavy atom. The van der Waals surface area contributed by atoms with Gasteiger partial charge in [-0.2, -0.15) is 0 Å². The summed E-state index contributed by atoms with van der Waals surface area (Å²) < 4.78 is 6.35. The van der Waals surface area contributed by atoms with E-state index in [0.717, 1.165) is 43.8 Å². The van der Waals surface area contributed by atoms with Gasteiger partial charge in [-0.3, -0.25) is 24.6 Å². The molecule has 3 fully saturated rings. The van der Waals surface area contributed by atoms with Gasteiger partial charge in [0.1, 0.15) is 18.4 Å². The zero-order chi connectivity index (χ0) is 29.9. The molecule has 1 unspecified atom stereocenters. The molecule has 6 rings (SSSR count). The summed E-state index contributed by atoms with van der Waals surface area (Å²) in [5, 5.41) is 2.37. The normalized spacial score (nSPS) is 23.9. The number of likely N-dealkylation sites (tertiary alicyclic amines) is 2. The summed E-state index contributed by atoms with van der Waals surface area (Å²) in [4.78, 5) is 43.7. The molecule has 8 nitrogen and oxygen atoms in total. The lowest BCUT2D eigenvalue weighted by Crippen LogP contribution is -2.52. The lowest BCUT2D eigenvalue weighted by atomic mass is 9.85. The van der Waals surface area contributed by atoms with Gasteiger partial charge in [0.05, 0.1) is 0 Å². The van der Waals surface area contributed by atoms with Gasteiger partial charge >= 0.3 is 0 Å². The van der Waals surface area contributed by atoms with Crippen LogP contribution < -0.4 is 10.1 Å². The summed E-state index contributed by atoms with van der Waals surface area (Å²) in [6, 6.07) is 12.6. The van der Waals surface area contributed by atoms with Crippen LogP contribution in [-0.4, -0.2) is 77.3 Å². The van der Waals surface area contributed by atoms with E-state index in [1.54, 1.807) is 10.5 Å². The number of carbonyl (C=O) groups is 3. The molecule has 4 aliphatic rings. The second-order valence-corrected chi connectivity index (χ2v) is 12.7. The summed E-state index contributed by atoms with van der Waals surface area (Å²) in [5.41, 5.74) is 5.95. The highest BCUT2D eigenvalue weighted by Crippen LogP contribution is 2.33. The van der Waals surface area contributed by atoms with Gasteiger partial charge in [0.15, 0.2) is 0 Å². The number of aryl methyl sites for hydroxylation is 1. The first kappa shape index (κ1) is 29.8. The van der Waals surface area contributed by atoms with Crippen molar-refractivity contribution in [3.8, 4) is 5.75 Å². The van der Waals surface area contributed by atoms with Crippen LogP contribution >= 0.6 is 0 Å². The molecule has 0 aromatic heterocycles. The van der Waals surface area contributed by atoms with E-state index in [-0.39, 0.29) is 24.1 Å². The van der Waals surface area contributed by atoms with E-state index in [1.165, 1.54) is 49.9 Å². The lowest BCUT2D eigenvalue weighted by molar-refractivity contribution is -0.136. The van der Waals surface area contributed by atoms with Gasteiger partial charge < -0.3 is 14.5 Å². The van der Waals surface area contributed by atoms with E-state index in [4.69, 9.17) is 4.74 Å². The predicted molar refractivity (Wildman–Crippen MR) is 166 cm³/mol. The highest BCUT2D eigenvalue weighted by Gasteiger charge is 2.39. The number of piperidine rings is 3. The zero-order valence-corrected chi connectivity index (χ0v) is 25.8. The molecule has 2 aromatic carbocycles. The zero-order valence-electron chi connectivity index (χ0n) is 25.8. The van der Waals surface area contributed by atoms with Gasteiger partial charge in [0.25, 0.3) is 5.91 Å². The average Bonchev–Trinajstić information content (AvgIpc) is 3.35. The molecule has 3 amide bonds. The number of imide groups is 1. The highest BCUT2D eigenvalue weighted by molar-refractivity contribution is 6.05. The fourth-order valence-electron chi connectivity index (χ4n) is 7.55. The number of benzene rings is 2. The van der Waals surface area contributed by atoms with Gasteiger partial charge in [-0.05, 0) is 111 Å². The first-order valence-electron chi connectivity index (χ1n) is 16.4. The molecule has 8 heteroatoms. The van der Waals surface area contributed by atoms with Crippen LogP contribution in [0.4, 0.5) is 0 Å². The quantitative estimate of drug-likeness (QED) is 0.431. The summed E-state index contributed by atoms with van der Waals surface area (Å²) in [6.45, 7) is 11.1. The Balaban J connectivity index is 1.08. The molecular weight excluding hydrogens is 540 g/mol. The van der Waals surface area contributed by atoms with Gasteiger partial charge in [0.2, 0.25) is 11.8 Å². The summed E-state index contributed by atoms with van der Waals surface area (Å²) in [7, 11) is 0. The fourth-order valence-corrected chi connectivity index (χ4v) is 7.55. The molecule has 43 heavy (non-hydrogen) atoms. The number of fused-ring (bicyclic) bond motifs is 1. The van der Waals surface area contributed by atoms with Crippen LogP contribution in [0.5, 0.6) is 5.75 Å². The Morgan fingerprint density at radius 2 is 1.77 bits per heavy atom. The molecule has 0 saturated carbocycles. The maximum Gasteiger partial charge on any atom is 0.255 e. The Morgan fingerprint density at radius 3 is 2.53 bits per heavy atom. The smallest absolute Gasteiger partial charge is 0.255 e. The standard InChI is InChI=1S/C35H46N4O4/c1-3-25-19-24(8-10-30(25)26-14-17-37(4-2)18-15-26)21-38-16-6-5-7-28(38)23-43-29-9-11-31-27(20-29)22-39(35(31)42)32-12-13-33(40)36-34(32)41/h8-11,19-20,26,28,32H,3-7,12-18,21-23H2,1-2H3,(H,36,40,41)/t28-,32?/m1/s1. The number of nitrogens with zero attached hydrogens (tertiary/aromatic N) is 3. The average molecular weight is 587 g/mol. The number of amides is 3. The third-order valence-corrected chi connectivity index (χ3v) is 10.1. The van der Waals surface area contributed by atoms with Crippen LogP contribution in [-0.2, 0) is 29.1 Å². The number of ether oxygens (including phenoxy) is 1. The van der Waals surface area contributed by atoms with E-state index in [0.29, 0.717) is 37.1 Å². The maximum atomic E-state index is 13.0. The van der Waals surface area contributed by atoms with Crippen LogP contribution in [0.3, 0.4) is 0 Å². The molecule has 0 aliphatic carbocycles. The largest absolute Gasteiger partial charge is 0.492 e. The highest BCUT2D eigenvalue weighted by atomic mass is 16.5. The molecule has 3 saturated heterocycles. The Hall–Kier alpha value is -3.23. The van der Waals surface area contributed by atoms with E-state index >= 15 is 0 Å². The number of hydrogen-bond donors (Lipinski definition) is 1. The van der Waals surface area contributed by atoms with Crippen LogP contribution in [0, 0.1) is 0 Å². The molecule has 2 atom stereocenters. The molecule has 4 aliphatic heterocycles. The van der Waals surface area contributed by atoms with Crippen LogP contribution in [0.1, 0.15) is 97.3 Å². The maximum absolute atomic E-state index is 13.0. The van der Waals surface area contributed by atoms with Crippen molar-refractivity contribution in [2.24, 2.45) is 0 Å². The molecule has 0 radical (unpaired) electrons. The minimum Gasteiger partial charge on any atom is -0.492 e. The molecule has 2 aromatic rings. The predicted octanol–water partition coefficient (Wildman–Crippen LogP) is 4.64. The Labute approximate surface area is 255 Å². The van der Waals surface area contributed by atoms with E-state index < -0.39 is 6.04 Å². The number of carbonyl (C=O) groups excluding carboxylic acids is 3. The molecular formula is C35H46N4O4. The monoisotopic (exact) mass is 586 g/mol. The van der Waals surface area contributed by atoms with Gasteiger partial charge in [0, 0.05) is 31.1 Å². The van der Waals surface area contributed by atoms with Crippen LogP contribution in [0.25, 0.3) is 0 Å². The van der Waals surface area contributed by atoms with Crippen molar-refractivity contribution in [1.82, 2.24) is 20.0 Å². The molecule has 1 N–H and O–H groups in total. The summed E-state index contributed by atoms with van der Waals surface area (Å²) in [6.07, 6.45) is 7.75. The molecule has 0 spiro atoms.